The van der Waals surface area contributed by atoms with E-state index in [0.717, 1.165) is 11.1 Å². The molecule has 3 aromatic rings. The predicted octanol–water partition coefficient (Wildman–Crippen LogP) is 4.22. The van der Waals surface area contributed by atoms with Gasteiger partial charge >= 0.3 is 0 Å². The molecular formula is C22H28N4O2. The van der Waals surface area contributed by atoms with E-state index >= 15 is 0 Å². The lowest BCUT2D eigenvalue weighted by Crippen LogP contribution is -2.14. The quantitative estimate of drug-likeness (QED) is 0.668. The maximum atomic E-state index is 6.42. The van der Waals surface area contributed by atoms with Crippen LogP contribution in [0, 0.1) is 0 Å². The van der Waals surface area contributed by atoms with Gasteiger partial charge in [-0.1, -0.05) is 51.1 Å². The number of H-pyrrole nitrogens is 1. The normalized spacial score (nSPS) is 12.6. The first kappa shape index (κ1) is 19.9. The molecule has 6 nitrogen and oxygen atoms in total. The highest BCUT2D eigenvalue weighted by Gasteiger charge is 2.18. The Balaban J connectivity index is 1.84. The molecule has 1 heterocycles. The van der Waals surface area contributed by atoms with E-state index < -0.39 is 6.04 Å². The molecule has 1 atom stereocenters. The highest BCUT2D eigenvalue weighted by atomic mass is 16.5. The van der Waals surface area contributed by atoms with E-state index in [1.807, 2.05) is 37.3 Å². The molecule has 0 saturated carbocycles. The van der Waals surface area contributed by atoms with Gasteiger partial charge in [-0.2, -0.15) is 5.10 Å². The first-order valence-electron chi connectivity index (χ1n) is 9.43. The Kier molecular flexibility index (Phi) is 5.70. The van der Waals surface area contributed by atoms with Gasteiger partial charge in [-0.05, 0) is 35.6 Å². The standard InChI is InChI=1S/C22H28N4O2/c1-6-28-18-13-15(9-12-17(18)27-5)19(23)21-24-20(25-26-21)14-7-10-16(11-8-14)22(2,3)4/h7-13,19H,6,23H2,1-5H3,(H,24,25,26). The van der Waals surface area contributed by atoms with Crippen LogP contribution in [0.1, 0.15) is 50.7 Å². The van der Waals surface area contributed by atoms with Crippen LogP contribution in [0.25, 0.3) is 11.4 Å². The molecule has 28 heavy (non-hydrogen) atoms. The third kappa shape index (κ3) is 4.17. The molecule has 3 rings (SSSR count). The number of benzene rings is 2. The van der Waals surface area contributed by atoms with Crippen LogP contribution in [-0.4, -0.2) is 28.9 Å². The minimum atomic E-state index is -0.444. The summed E-state index contributed by atoms with van der Waals surface area (Å²) < 4.78 is 11.0. The number of rotatable bonds is 6. The van der Waals surface area contributed by atoms with Crippen molar-refractivity contribution in [2.24, 2.45) is 5.73 Å². The van der Waals surface area contributed by atoms with Crippen molar-refractivity contribution in [1.29, 1.82) is 0 Å². The SMILES string of the molecule is CCOc1cc(C(N)c2nc(-c3ccc(C(C)(C)C)cc3)n[nH]2)ccc1OC. The number of hydrogen-bond acceptors (Lipinski definition) is 5. The molecule has 2 aromatic carbocycles. The van der Waals surface area contributed by atoms with E-state index in [1.165, 1.54) is 5.56 Å². The second-order valence-corrected chi connectivity index (χ2v) is 7.69. The Morgan fingerprint density at radius 2 is 1.79 bits per heavy atom. The van der Waals surface area contributed by atoms with Crippen LogP contribution in [0.2, 0.25) is 0 Å². The average molecular weight is 380 g/mol. The Morgan fingerprint density at radius 1 is 1.07 bits per heavy atom. The third-order valence-electron chi connectivity index (χ3n) is 4.65. The van der Waals surface area contributed by atoms with E-state index in [9.17, 15) is 0 Å². The molecule has 0 aliphatic carbocycles. The van der Waals surface area contributed by atoms with Crippen molar-refractivity contribution in [2.75, 3.05) is 13.7 Å². The lowest BCUT2D eigenvalue weighted by molar-refractivity contribution is 0.310. The lowest BCUT2D eigenvalue weighted by Gasteiger charge is -2.18. The smallest absolute Gasteiger partial charge is 0.181 e. The maximum absolute atomic E-state index is 6.42. The Hall–Kier alpha value is -2.86. The van der Waals surface area contributed by atoms with Crippen LogP contribution < -0.4 is 15.2 Å². The Morgan fingerprint density at radius 3 is 2.39 bits per heavy atom. The summed E-state index contributed by atoms with van der Waals surface area (Å²) in [6, 6.07) is 13.5. The van der Waals surface area contributed by atoms with Gasteiger partial charge in [0.2, 0.25) is 0 Å². The predicted molar refractivity (Wildman–Crippen MR) is 111 cm³/mol. The monoisotopic (exact) mass is 380 g/mol. The molecule has 0 saturated heterocycles. The topological polar surface area (TPSA) is 86.0 Å². The zero-order valence-corrected chi connectivity index (χ0v) is 17.1. The number of ether oxygens (including phenoxy) is 2. The van der Waals surface area contributed by atoms with Gasteiger partial charge in [-0.3, -0.25) is 5.10 Å². The van der Waals surface area contributed by atoms with E-state index in [0.29, 0.717) is 29.8 Å². The highest BCUT2D eigenvalue weighted by molar-refractivity contribution is 5.55. The van der Waals surface area contributed by atoms with Gasteiger partial charge in [0.1, 0.15) is 5.82 Å². The van der Waals surface area contributed by atoms with Gasteiger partial charge in [0.15, 0.2) is 17.3 Å². The molecule has 1 unspecified atom stereocenters. The number of aromatic nitrogens is 3. The molecular weight excluding hydrogens is 352 g/mol. The number of nitrogens with one attached hydrogen (secondary N) is 1. The molecule has 1 aromatic heterocycles. The van der Waals surface area contributed by atoms with Crippen LogP contribution in [0.3, 0.4) is 0 Å². The number of aromatic amines is 1. The number of methoxy groups -OCH3 is 1. The summed E-state index contributed by atoms with van der Waals surface area (Å²) in [5.74, 6) is 2.57. The first-order chi connectivity index (χ1) is 13.3. The van der Waals surface area contributed by atoms with Crippen LogP contribution in [0.5, 0.6) is 11.5 Å². The summed E-state index contributed by atoms with van der Waals surface area (Å²) in [6.45, 7) is 9.05. The van der Waals surface area contributed by atoms with Crippen molar-refractivity contribution < 1.29 is 9.47 Å². The number of nitrogens with zero attached hydrogens (tertiary/aromatic N) is 2. The molecule has 6 heteroatoms. The number of nitrogens with two attached hydrogens (primary N) is 1. The van der Waals surface area contributed by atoms with Gasteiger partial charge in [0, 0.05) is 5.56 Å². The van der Waals surface area contributed by atoms with Crippen LogP contribution in [0.4, 0.5) is 0 Å². The minimum Gasteiger partial charge on any atom is -0.493 e. The van der Waals surface area contributed by atoms with Crippen LogP contribution in [-0.2, 0) is 5.41 Å². The summed E-state index contributed by atoms with van der Waals surface area (Å²) in [7, 11) is 1.62. The van der Waals surface area contributed by atoms with Gasteiger partial charge in [-0.25, -0.2) is 4.98 Å². The summed E-state index contributed by atoms with van der Waals surface area (Å²) >= 11 is 0. The van der Waals surface area contributed by atoms with Crippen molar-refractivity contribution >= 4 is 0 Å². The van der Waals surface area contributed by atoms with Crippen LogP contribution >= 0.6 is 0 Å². The van der Waals surface area contributed by atoms with E-state index in [1.54, 1.807) is 7.11 Å². The summed E-state index contributed by atoms with van der Waals surface area (Å²) in [5.41, 5.74) is 9.61. The average Bonchev–Trinajstić information content (AvgIpc) is 3.17. The molecule has 0 aliphatic rings. The fraction of sp³-hybridized carbons (Fsp3) is 0.364. The Bertz CT molecular complexity index is 926. The Labute approximate surface area is 166 Å². The summed E-state index contributed by atoms with van der Waals surface area (Å²) in [4.78, 5) is 4.60. The summed E-state index contributed by atoms with van der Waals surface area (Å²) in [6.07, 6.45) is 0. The molecule has 148 valence electrons. The van der Waals surface area contributed by atoms with Crippen molar-refractivity contribution in [3.63, 3.8) is 0 Å². The fourth-order valence-corrected chi connectivity index (χ4v) is 2.97. The number of hydrogen-bond donors (Lipinski definition) is 2. The zero-order valence-electron chi connectivity index (χ0n) is 17.1. The van der Waals surface area contributed by atoms with E-state index in [2.05, 4.69) is 48.1 Å². The van der Waals surface area contributed by atoms with Crippen molar-refractivity contribution in [3.05, 3.63) is 59.4 Å². The van der Waals surface area contributed by atoms with Gasteiger partial charge < -0.3 is 15.2 Å². The zero-order chi connectivity index (χ0) is 20.3. The fourth-order valence-electron chi connectivity index (χ4n) is 2.97. The molecule has 0 fully saturated rings. The van der Waals surface area contributed by atoms with Crippen molar-refractivity contribution in [3.8, 4) is 22.9 Å². The molecule has 0 bridgehead atoms. The van der Waals surface area contributed by atoms with Gasteiger partial charge in [-0.15, -0.1) is 0 Å². The van der Waals surface area contributed by atoms with Crippen molar-refractivity contribution in [2.45, 2.75) is 39.2 Å². The molecule has 0 amide bonds. The lowest BCUT2D eigenvalue weighted by atomic mass is 9.87. The molecule has 3 N–H and O–H groups in total. The van der Waals surface area contributed by atoms with Crippen molar-refractivity contribution in [1.82, 2.24) is 15.2 Å². The third-order valence-corrected chi connectivity index (χ3v) is 4.65. The second kappa shape index (κ2) is 8.02. The van der Waals surface area contributed by atoms with Gasteiger partial charge in [0.05, 0.1) is 19.8 Å². The minimum absolute atomic E-state index is 0.109. The molecule has 0 radical (unpaired) electrons. The second-order valence-electron chi connectivity index (χ2n) is 7.69. The molecule has 0 aliphatic heterocycles. The van der Waals surface area contributed by atoms with E-state index in [4.69, 9.17) is 15.2 Å². The maximum Gasteiger partial charge on any atom is 0.181 e. The summed E-state index contributed by atoms with van der Waals surface area (Å²) in [5, 5.41) is 7.31. The highest BCUT2D eigenvalue weighted by Crippen LogP contribution is 2.31. The van der Waals surface area contributed by atoms with E-state index in [-0.39, 0.29) is 5.41 Å². The van der Waals surface area contributed by atoms with Gasteiger partial charge in [0.25, 0.3) is 0 Å². The van der Waals surface area contributed by atoms with Crippen LogP contribution in [0.15, 0.2) is 42.5 Å². The molecule has 0 spiro atoms. The largest absolute Gasteiger partial charge is 0.493 e. The first-order valence-corrected chi connectivity index (χ1v) is 9.43.